The maximum Gasteiger partial charge on any atom is 0.251 e. The van der Waals surface area contributed by atoms with E-state index in [1.165, 1.54) is 25.7 Å². The van der Waals surface area contributed by atoms with Crippen molar-refractivity contribution in [1.29, 1.82) is 0 Å². The first kappa shape index (κ1) is 13.9. The van der Waals surface area contributed by atoms with Crippen molar-refractivity contribution in [3.05, 3.63) is 29.3 Å². The predicted molar refractivity (Wildman–Crippen MR) is 79.6 cm³/mol. The van der Waals surface area contributed by atoms with Crippen molar-refractivity contribution < 1.29 is 4.79 Å². The van der Waals surface area contributed by atoms with Crippen molar-refractivity contribution in [2.75, 3.05) is 12.4 Å². The molecule has 0 saturated heterocycles. The highest BCUT2D eigenvalue weighted by atomic mass is 16.1. The third-order valence-corrected chi connectivity index (χ3v) is 4.30. The molecule has 0 radical (unpaired) electrons. The number of carbonyl (C=O) groups excluding carboxylic acids is 1. The van der Waals surface area contributed by atoms with Crippen molar-refractivity contribution in [2.24, 2.45) is 5.92 Å². The quantitative estimate of drug-likeness (QED) is 0.871. The lowest BCUT2D eigenvalue weighted by molar-refractivity contribution is 0.0962. The minimum atomic E-state index is -0.0188. The number of hydrogen-bond acceptors (Lipinski definition) is 2. The van der Waals surface area contributed by atoms with Crippen LogP contribution < -0.4 is 10.6 Å². The van der Waals surface area contributed by atoms with E-state index in [-0.39, 0.29) is 5.91 Å². The van der Waals surface area contributed by atoms with Gasteiger partial charge in [-0.1, -0.05) is 18.9 Å². The summed E-state index contributed by atoms with van der Waals surface area (Å²) in [5.41, 5.74) is 2.87. The summed E-state index contributed by atoms with van der Waals surface area (Å²) >= 11 is 0. The van der Waals surface area contributed by atoms with Gasteiger partial charge in [-0.05, 0) is 50.3 Å². The van der Waals surface area contributed by atoms with E-state index in [1.54, 1.807) is 7.05 Å². The predicted octanol–water partition coefficient (Wildman–Crippen LogP) is 3.35. The monoisotopic (exact) mass is 260 g/mol. The van der Waals surface area contributed by atoms with Crippen LogP contribution in [0.5, 0.6) is 0 Å². The second-order valence-electron chi connectivity index (χ2n) is 5.53. The van der Waals surface area contributed by atoms with Gasteiger partial charge in [-0.25, -0.2) is 0 Å². The van der Waals surface area contributed by atoms with E-state index in [4.69, 9.17) is 0 Å². The first-order valence-corrected chi connectivity index (χ1v) is 7.21. The number of anilines is 1. The third-order valence-electron chi connectivity index (χ3n) is 4.30. The number of carbonyl (C=O) groups is 1. The standard InChI is InChI=1S/C16H24N2O/c1-11-14(16(19)17-3)9-6-10-15(11)18-12(2)13-7-4-5-8-13/h6,9-10,12-13,18H,4-5,7-8H2,1-3H3,(H,17,19). The van der Waals surface area contributed by atoms with E-state index in [1.807, 2.05) is 19.1 Å². The zero-order valence-electron chi connectivity index (χ0n) is 12.1. The molecule has 1 amide bonds. The number of benzene rings is 1. The summed E-state index contributed by atoms with van der Waals surface area (Å²) in [4.78, 5) is 11.8. The molecule has 1 saturated carbocycles. The van der Waals surface area contributed by atoms with Crippen LogP contribution in [0.2, 0.25) is 0 Å². The summed E-state index contributed by atoms with van der Waals surface area (Å²) in [7, 11) is 1.67. The van der Waals surface area contributed by atoms with Gasteiger partial charge >= 0.3 is 0 Å². The molecule has 0 bridgehead atoms. The molecule has 19 heavy (non-hydrogen) atoms. The highest BCUT2D eigenvalue weighted by molar-refractivity contribution is 5.96. The van der Waals surface area contributed by atoms with Crippen molar-refractivity contribution in [3.63, 3.8) is 0 Å². The molecule has 1 unspecified atom stereocenters. The number of amides is 1. The molecule has 2 N–H and O–H groups in total. The first-order valence-electron chi connectivity index (χ1n) is 7.21. The van der Waals surface area contributed by atoms with Crippen LogP contribution in [-0.4, -0.2) is 19.0 Å². The van der Waals surface area contributed by atoms with Gasteiger partial charge in [0.2, 0.25) is 0 Å². The van der Waals surface area contributed by atoms with E-state index < -0.39 is 0 Å². The lowest BCUT2D eigenvalue weighted by Crippen LogP contribution is -2.25. The minimum Gasteiger partial charge on any atom is -0.382 e. The van der Waals surface area contributed by atoms with Crippen LogP contribution in [0.1, 0.15) is 48.5 Å². The Bertz CT molecular complexity index is 450. The molecule has 1 aliphatic carbocycles. The summed E-state index contributed by atoms with van der Waals surface area (Å²) in [6.45, 7) is 4.26. The maximum absolute atomic E-state index is 11.8. The molecule has 3 nitrogen and oxygen atoms in total. The second kappa shape index (κ2) is 6.09. The molecule has 0 heterocycles. The van der Waals surface area contributed by atoms with Crippen LogP contribution in [0.4, 0.5) is 5.69 Å². The summed E-state index contributed by atoms with van der Waals surface area (Å²) in [5, 5.41) is 6.28. The van der Waals surface area contributed by atoms with E-state index in [2.05, 4.69) is 23.6 Å². The van der Waals surface area contributed by atoms with Crippen LogP contribution in [-0.2, 0) is 0 Å². The molecule has 3 heteroatoms. The van der Waals surface area contributed by atoms with Crippen LogP contribution in [0.15, 0.2) is 18.2 Å². The van der Waals surface area contributed by atoms with Crippen LogP contribution in [0.3, 0.4) is 0 Å². The lowest BCUT2D eigenvalue weighted by Gasteiger charge is -2.23. The van der Waals surface area contributed by atoms with Crippen molar-refractivity contribution in [1.82, 2.24) is 5.32 Å². The number of nitrogens with one attached hydrogen (secondary N) is 2. The van der Waals surface area contributed by atoms with Gasteiger partial charge in [0.15, 0.2) is 0 Å². The summed E-state index contributed by atoms with van der Waals surface area (Å²) in [6.07, 6.45) is 5.35. The van der Waals surface area contributed by atoms with E-state index in [0.717, 1.165) is 22.7 Å². The van der Waals surface area contributed by atoms with Gasteiger partial charge in [-0.15, -0.1) is 0 Å². The Morgan fingerprint density at radius 1 is 1.32 bits per heavy atom. The molecule has 1 atom stereocenters. The smallest absolute Gasteiger partial charge is 0.251 e. The Hall–Kier alpha value is -1.51. The number of hydrogen-bond donors (Lipinski definition) is 2. The molecule has 0 spiro atoms. The normalized spacial score (nSPS) is 17.2. The largest absolute Gasteiger partial charge is 0.382 e. The van der Waals surface area contributed by atoms with Crippen molar-refractivity contribution in [2.45, 2.75) is 45.6 Å². The topological polar surface area (TPSA) is 41.1 Å². The molecule has 0 aliphatic heterocycles. The van der Waals surface area contributed by atoms with Gasteiger partial charge in [0, 0.05) is 24.3 Å². The molecule has 2 rings (SSSR count). The molecular formula is C16H24N2O. The van der Waals surface area contributed by atoms with Gasteiger partial charge in [-0.3, -0.25) is 4.79 Å². The maximum atomic E-state index is 11.8. The molecule has 1 aromatic carbocycles. The summed E-state index contributed by atoms with van der Waals surface area (Å²) < 4.78 is 0. The Balaban J connectivity index is 2.13. The van der Waals surface area contributed by atoms with Gasteiger partial charge < -0.3 is 10.6 Å². The molecule has 1 fully saturated rings. The Morgan fingerprint density at radius 2 is 2.00 bits per heavy atom. The SMILES string of the molecule is CNC(=O)c1cccc(NC(C)C2CCCC2)c1C. The van der Waals surface area contributed by atoms with Crippen molar-refractivity contribution in [3.8, 4) is 0 Å². The zero-order chi connectivity index (χ0) is 13.8. The molecule has 0 aromatic heterocycles. The zero-order valence-corrected chi connectivity index (χ0v) is 12.1. The fourth-order valence-electron chi connectivity index (χ4n) is 2.99. The van der Waals surface area contributed by atoms with Gasteiger partial charge in [-0.2, -0.15) is 0 Å². The van der Waals surface area contributed by atoms with Crippen LogP contribution in [0, 0.1) is 12.8 Å². The third kappa shape index (κ3) is 3.09. The van der Waals surface area contributed by atoms with Crippen LogP contribution in [0.25, 0.3) is 0 Å². The molecular weight excluding hydrogens is 236 g/mol. The van der Waals surface area contributed by atoms with E-state index in [9.17, 15) is 4.79 Å². The molecule has 1 aromatic rings. The molecule has 104 valence electrons. The average Bonchev–Trinajstić information content (AvgIpc) is 2.94. The average molecular weight is 260 g/mol. The minimum absolute atomic E-state index is 0.0188. The Morgan fingerprint density at radius 3 is 2.63 bits per heavy atom. The Kier molecular flexibility index (Phi) is 4.46. The lowest BCUT2D eigenvalue weighted by atomic mass is 9.98. The van der Waals surface area contributed by atoms with Crippen LogP contribution >= 0.6 is 0 Å². The second-order valence-corrected chi connectivity index (χ2v) is 5.53. The molecule has 1 aliphatic rings. The first-order chi connectivity index (χ1) is 9.13. The van der Waals surface area contributed by atoms with Gasteiger partial charge in [0.25, 0.3) is 5.91 Å². The number of rotatable bonds is 4. The van der Waals surface area contributed by atoms with E-state index in [0.29, 0.717) is 6.04 Å². The van der Waals surface area contributed by atoms with E-state index >= 15 is 0 Å². The summed E-state index contributed by atoms with van der Waals surface area (Å²) in [5.74, 6) is 0.748. The van der Waals surface area contributed by atoms with Gasteiger partial charge in [0.05, 0.1) is 0 Å². The highest BCUT2D eigenvalue weighted by Gasteiger charge is 2.22. The Labute approximate surface area is 115 Å². The fourth-order valence-corrected chi connectivity index (χ4v) is 2.99. The van der Waals surface area contributed by atoms with Gasteiger partial charge in [0.1, 0.15) is 0 Å². The fraction of sp³-hybridized carbons (Fsp3) is 0.562. The summed E-state index contributed by atoms with van der Waals surface area (Å²) in [6, 6.07) is 6.36. The van der Waals surface area contributed by atoms with Crippen molar-refractivity contribution >= 4 is 11.6 Å². The highest BCUT2D eigenvalue weighted by Crippen LogP contribution is 2.30.